The molecule has 1 saturated heterocycles. The second-order valence-corrected chi connectivity index (χ2v) is 8.43. The molecule has 2 aromatic heterocycles. The number of amides is 1. The van der Waals surface area contributed by atoms with Gasteiger partial charge in [0.2, 0.25) is 5.91 Å². The third kappa shape index (κ3) is 3.46. The van der Waals surface area contributed by atoms with Gasteiger partial charge >= 0.3 is 0 Å². The van der Waals surface area contributed by atoms with E-state index in [-0.39, 0.29) is 17.2 Å². The number of hydrogen-bond acceptors (Lipinski definition) is 6. The molecule has 0 radical (unpaired) electrons. The first-order valence-electron chi connectivity index (χ1n) is 10.5. The molecule has 158 valence electrons. The Morgan fingerprint density at radius 1 is 1.39 bits per heavy atom. The molecule has 0 unspecified atom stereocenters. The molecule has 2 aliphatic rings. The fourth-order valence-electron chi connectivity index (χ4n) is 4.78. The van der Waals surface area contributed by atoms with Crippen LogP contribution in [0.2, 0.25) is 0 Å². The molecule has 31 heavy (non-hydrogen) atoms. The summed E-state index contributed by atoms with van der Waals surface area (Å²) >= 11 is 0. The molecule has 1 aliphatic heterocycles. The number of methoxy groups -OCH3 is 1. The van der Waals surface area contributed by atoms with Crippen molar-refractivity contribution in [3.8, 4) is 11.8 Å². The van der Waals surface area contributed by atoms with E-state index < -0.39 is 0 Å². The van der Waals surface area contributed by atoms with Crippen molar-refractivity contribution in [2.45, 2.75) is 25.8 Å². The predicted octanol–water partition coefficient (Wildman–Crippen LogP) is 2.76. The van der Waals surface area contributed by atoms with Gasteiger partial charge in [-0.15, -0.1) is 0 Å². The van der Waals surface area contributed by atoms with Crippen LogP contribution in [0.25, 0.3) is 11.0 Å². The molecule has 1 amide bonds. The van der Waals surface area contributed by atoms with Gasteiger partial charge in [-0.25, -0.2) is 9.97 Å². The van der Waals surface area contributed by atoms with E-state index >= 15 is 0 Å². The molecule has 1 aromatic carbocycles. The van der Waals surface area contributed by atoms with E-state index in [0.717, 1.165) is 54.8 Å². The Bertz CT molecular complexity index is 1180. The Balaban J connectivity index is 1.27. The number of benzene rings is 1. The largest absolute Gasteiger partial charge is 0.495 e. The number of aromatic nitrogens is 3. The maximum Gasteiger partial charge on any atom is 0.224 e. The van der Waals surface area contributed by atoms with E-state index in [4.69, 9.17) is 10.00 Å². The lowest BCUT2D eigenvalue weighted by Gasteiger charge is -2.39. The summed E-state index contributed by atoms with van der Waals surface area (Å²) in [6, 6.07) is 9.51. The first kappa shape index (κ1) is 19.4. The van der Waals surface area contributed by atoms with Gasteiger partial charge in [0.1, 0.15) is 29.6 Å². The number of nitrogens with zero attached hydrogens (tertiary/aromatic N) is 4. The highest BCUT2D eigenvalue weighted by molar-refractivity contribution is 5.87. The van der Waals surface area contributed by atoms with Gasteiger partial charge in [-0.1, -0.05) is 6.07 Å². The molecule has 0 bridgehead atoms. The number of anilines is 1. The van der Waals surface area contributed by atoms with E-state index in [9.17, 15) is 4.79 Å². The van der Waals surface area contributed by atoms with E-state index in [0.29, 0.717) is 17.9 Å². The highest BCUT2D eigenvalue weighted by atomic mass is 16.5. The number of ether oxygens (including phenoxy) is 1. The highest BCUT2D eigenvalue weighted by Gasteiger charge is 2.55. The maximum absolute atomic E-state index is 13.1. The SMILES string of the molecule is COc1cc(CNC(=O)[C@H]2CCN(c3ncnc4[nH]ccc34)CC23CC3)ccc1C#N. The number of rotatable bonds is 5. The molecule has 5 rings (SSSR count). The summed E-state index contributed by atoms with van der Waals surface area (Å²) in [5.74, 6) is 1.59. The second-order valence-electron chi connectivity index (χ2n) is 8.43. The van der Waals surface area contributed by atoms with E-state index in [1.807, 2.05) is 24.4 Å². The van der Waals surface area contributed by atoms with Crippen molar-refractivity contribution in [3.05, 3.63) is 47.9 Å². The normalized spacial score (nSPS) is 19.2. The molecular formula is C23H24N6O2. The number of nitrogens with one attached hydrogen (secondary N) is 2. The van der Waals surface area contributed by atoms with Crippen LogP contribution in [0.5, 0.6) is 5.75 Å². The third-order valence-electron chi connectivity index (χ3n) is 6.63. The van der Waals surface area contributed by atoms with Gasteiger partial charge in [0, 0.05) is 31.7 Å². The van der Waals surface area contributed by atoms with Gasteiger partial charge in [-0.05, 0) is 48.4 Å². The van der Waals surface area contributed by atoms with Crippen molar-refractivity contribution in [3.63, 3.8) is 0 Å². The van der Waals surface area contributed by atoms with Gasteiger partial charge in [0.15, 0.2) is 0 Å². The fraction of sp³-hybridized carbons (Fsp3) is 0.391. The first-order chi connectivity index (χ1) is 15.1. The van der Waals surface area contributed by atoms with Crippen LogP contribution in [-0.4, -0.2) is 41.1 Å². The minimum Gasteiger partial charge on any atom is -0.495 e. The molecule has 3 heterocycles. The molecule has 2 N–H and O–H groups in total. The summed E-state index contributed by atoms with van der Waals surface area (Å²) in [6.07, 6.45) is 6.41. The minimum absolute atomic E-state index is 0.00702. The Morgan fingerprint density at radius 3 is 3.03 bits per heavy atom. The van der Waals surface area contributed by atoms with Crippen molar-refractivity contribution in [1.82, 2.24) is 20.3 Å². The molecule has 1 saturated carbocycles. The average Bonchev–Trinajstić information content (AvgIpc) is 3.38. The number of fused-ring (bicyclic) bond motifs is 1. The van der Waals surface area contributed by atoms with Crippen LogP contribution in [0, 0.1) is 22.7 Å². The number of piperidine rings is 1. The molecule has 8 heteroatoms. The number of nitriles is 1. The van der Waals surface area contributed by atoms with Crippen LogP contribution in [0.4, 0.5) is 5.82 Å². The zero-order valence-electron chi connectivity index (χ0n) is 17.4. The number of carbonyl (C=O) groups excluding carboxylic acids is 1. The zero-order chi connectivity index (χ0) is 21.4. The quantitative estimate of drug-likeness (QED) is 0.662. The summed E-state index contributed by atoms with van der Waals surface area (Å²) < 4.78 is 5.27. The van der Waals surface area contributed by atoms with Crippen molar-refractivity contribution in [1.29, 1.82) is 5.26 Å². The molecule has 3 aromatic rings. The lowest BCUT2D eigenvalue weighted by Crippen LogP contribution is -2.48. The molecule has 1 atom stereocenters. The average molecular weight is 416 g/mol. The van der Waals surface area contributed by atoms with E-state index in [1.165, 1.54) is 0 Å². The zero-order valence-corrected chi connectivity index (χ0v) is 17.4. The van der Waals surface area contributed by atoms with Crippen LogP contribution in [0.1, 0.15) is 30.4 Å². The smallest absolute Gasteiger partial charge is 0.224 e. The summed E-state index contributed by atoms with van der Waals surface area (Å²) in [5, 5.41) is 13.3. The Morgan fingerprint density at radius 2 is 2.26 bits per heavy atom. The van der Waals surface area contributed by atoms with E-state index in [2.05, 4.69) is 31.2 Å². The highest BCUT2D eigenvalue weighted by Crippen LogP contribution is 2.56. The van der Waals surface area contributed by atoms with Crippen LogP contribution in [0.3, 0.4) is 0 Å². The minimum atomic E-state index is 0.00702. The molecule has 1 spiro atoms. The lowest BCUT2D eigenvalue weighted by molar-refractivity contribution is -0.128. The van der Waals surface area contributed by atoms with Gasteiger partial charge in [0.05, 0.1) is 18.1 Å². The topological polar surface area (TPSA) is 107 Å². The van der Waals surface area contributed by atoms with Gasteiger partial charge in [-0.3, -0.25) is 4.79 Å². The van der Waals surface area contributed by atoms with Gasteiger partial charge in [0.25, 0.3) is 0 Å². The summed E-state index contributed by atoms with van der Waals surface area (Å²) in [7, 11) is 1.54. The maximum atomic E-state index is 13.1. The molecular weight excluding hydrogens is 392 g/mol. The van der Waals surface area contributed by atoms with Crippen molar-refractivity contribution < 1.29 is 9.53 Å². The number of aromatic amines is 1. The number of H-pyrrole nitrogens is 1. The van der Waals surface area contributed by atoms with Crippen LogP contribution in [0.15, 0.2) is 36.8 Å². The fourth-order valence-corrected chi connectivity index (χ4v) is 4.78. The second kappa shape index (κ2) is 7.58. The monoisotopic (exact) mass is 416 g/mol. The third-order valence-corrected chi connectivity index (χ3v) is 6.63. The Kier molecular flexibility index (Phi) is 4.74. The molecule has 1 aliphatic carbocycles. The van der Waals surface area contributed by atoms with Crippen molar-refractivity contribution >= 4 is 22.8 Å². The van der Waals surface area contributed by atoms with Crippen molar-refractivity contribution in [2.24, 2.45) is 11.3 Å². The van der Waals surface area contributed by atoms with Crippen molar-refractivity contribution in [2.75, 3.05) is 25.1 Å². The number of carbonyl (C=O) groups is 1. The summed E-state index contributed by atoms with van der Waals surface area (Å²) in [6.45, 7) is 2.06. The molecule has 8 nitrogen and oxygen atoms in total. The predicted molar refractivity (Wildman–Crippen MR) is 115 cm³/mol. The molecule has 2 fully saturated rings. The van der Waals surface area contributed by atoms with Crippen LogP contribution < -0.4 is 15.0 Å². The lowest BCUT2D eigenvalue weighted by atomic mass is 9.81. The summed E-state index contributed by atoms with van der Waals surface area (Å²) in [5.41, 5.74) is 2.27. The van der Waals surface area contributed by atoms with E-state index in [1.54, 1.807) is 19.5 Å². The van der Waals surface area contributed by atoms with Gasteiger partial charge < -0.3 is 19.9 Å². The summed E-state index contributed by atoms with van der Waals surface area (Å²) in [4.78, 5) is 27.3. The Labute approximate surface area is 180 Å². The number of hydrogen-bond donors (Lipinski definition) is 2. The van der Waals surface area contributed by atoms with Crippen LogP contribution >= 0.6 is 0 Å². The first-order valence-corrected chi connectivity index (χ1v) is 10.5. The Hall–Kier alpha value is -3.60. The van der Waals surface area contributed by atoms with Crippen LogP contribution in [-0.2, 0) is 11.3 Å². The van der Waals surface area contributed by atoms with Gasteiger partial charge in [-0.2, -0.15) is 5.26 Å². The standard InChI is InChI=1S/C23H24N6O2/c1-31-19-10-15(2-3-16(19)11-24)12-26-22(30)18-5-9-29(13-23(18)6-7-23)21-17-4-8-25-20(17)27-14-28-21/h2-4,8,10,14,18H,5-7,9,12-13H2,1H3,(H,26,30)(H,25,27,28)/t18-/m1/s1.